The SMILES string of the molecule is Cl.Nc1ccc2oc(C(=O)O)cc2c1. The van der Waals surface area contributed by atoms with Crippen LogP contribution in [0.4, 0.5) is 5.69 Å². The van der Waals surface area contributed by atoms with E-state index in [1.54, 1.807) is 18.2 Å². The summed E-state index contributed by atoms with van der Waals surface area (Å²) < 4.78 is 5.03. The summed E-state index contributed by atoms with van der Waals surface area (Å²) in [5.41, 5.74) is 6.64. The lowest BCUT2D eigenvalue weighted by Crippen LogP contribution is -1.91. The lowest BCUT2D eigenvalue weighted by Gasteiger charge is -1.89. The molecular weight excluding hydrogens is 206 g/mol. The van der Waals surface area contributed by atoms with E-state index >= 15 is 0 Å². The molecule has 0 aliphatic carbocycles. The molecule has 0 fully saturated rings. The molecule has 0 saturated heterocycles. The Labute approximate surface area is 85.7 Å². The fourth-order valence-electron chi connectivity index (χ4n) is 1.17. The summed E-state index contributed by atoms with van der Waals surface area (Å²) in [4.78, 5) is 10.5. The molecule has 5 heteroatoms. The van der Waals surface area contributed by atoms with Gasteiger partial charge in [0.05, 0.1) is 0 Å². The molecule has 1 aromatic heterocycles. The molecule has 1 aromatic carbocycles. The van der Waals surface area contributed by atoms with Gasteiger partial charge in [-0.25, -0.2) is 4.79 Å². The molecule has 3 N–H and O–H groups in total. The van der Waals surface area contributed by atoms with E-state index in [4.69, 9.17) is 15.3 Å². The Kier molecular flexibility index (Phi) is 2.67. The van der Waals surface area contributed by atoms with E-state index in [1.165, 1.54) is 6.07 Å². The van der Waals surface area contributed by atoms with Crippen molar-refractivity contribution in [1.29, 1.82) is 0 Å². The van der Waals surface area contributed by atoms with E-state index in [0.717, 1.165) is 0 Å². The van der Waals surface area contributed by atoms with Crippen molar-refractivity contribution in [3.05, 3.63) is 30.0 Å². The molecule has 0 amide bonds. The average molecular weight is 214 g/mol. The highest BCUT2D eigenvalue weighted by atomic mass is 35.5. The maximum absolute atomic E-state index is 10.5. The summed E-state index contributed by atoms with van der Waals surface area (Å²) >= 11 is 0. The number of nitrogen functional groups attached to an aromatic ring is 1. The zero-order valence-electron chi connectivity index (χ0n) is 7.06. The van der Waals surface area contributed by atoms with Crippen LogP contribution in [0.2, 0.25) is 0 Å². The number of benzene rings is 1. The quantitative estimate of drug-likeness (QED) is 0.712. The number of nitrogens with two attached hydrogens (primary N) is 1. The number of carbonyl (C=O) groups is 1. The van der Waals surface area contributed by atoms with Gasteiger partial charge in [0.15, 0.2) is 0 Å². The zero-order chi connectivity index (χ0) is 9.42. The molecular formula is C9H8ClNO3. The molecule has 0 aliphatic rings. The third-order valence-electron chi connectivity index (χ3n) is 1.75. The highest BCUT2D eigenvalue weighted by molar-refractivity contribution is 5.92. The third-order valence-corrected chi connectivity index (χ3v) is 1.75. The van der Waals surface area contributed by atoms with E-state index in [1.807, 2.05) is 0 Å². The van der Waals surface area contributed by atoms with Crippen LogP contribution < -0.4 is 5.73 Å². The van der Waals surface area contributed by atoms with Crippen molar-refractivity contribution in [3.63, 3.8) is 0 Å². The van der Waals surface area contributed by atoms with Gasteiger partial charge >= 0.3 is 5.97 Å². The first kappa shape index (κ1) is 10.4. The minimum atomic E-state index is -1.07. The number of furan rings is 1. The second-order valence-electron chi connectivity index (χ2n) is 2.71. The molecule has 1 heterocycles. The van der Waals surface area contributed by atoms with Crippen LogP contribution in [0, 0.1) is 0 Å². The number of carboxylic acid groups (broad SMARTS) is 1. The Morgan fingerprint density at radius 2 is 2.07 bits per heavy atom. The molecule has 0 bridgehead atoms. The van der Waals surface area contributed by atoms with Crippen molar-refractivity contribution in [3.8, 4) is 0 Å². The monoisotopic (exact) mass is 213 g/mol. The number of halogens is 1. The van der Waals surface area contributed by atoms with E-state index in [9.17, 15) is 4.79 Å². The normalized spacial score (nSPS) is 9.71. The average Bonchev–Trinajstić information content (AvgIpc) is 2.46. The Morgan fingerprint density at radius 1 is 1.36 bits per heavy atom. The largest absolute Gasteiger partial charge is 0.475 e. The van der Waals surface area contributed by atoms with Crippen molar-refractivity contribution in [2.24, 2.45) is 0 Å². The molecule has 14 heavy (non-hydrogen) atoms. The number of fused-ring (bicyclic) bond motifs is 1. The summed E-state index contributed by atoms with van der Waals surface area (Å²) in [7, 11) is 0. The van der Waals surface area contributed by atoms with Gasteiger partial charge in [-0.05, 0) is 24.3 Å². The number of aromatic carboxylic acids is 1. The van der Waals surface area contributed by atoms with Crippen LogP contribution in [0.1, 0.15) is 10.6 Å². The molecule has 0 radical (unpaired) electrons. The lowest BCUT2D eigenvalue weighted by molar-refractivity contribution is 0.0665. The van der Waals surface area contributed by atoms with Crippen LogP contribution in [0.25, 0.3) is 11.0 Å². The molecule has 4 nitrogen and oxygen atoms in total. The fourth-order valence-corrected chi connectivity index (χ4v) is 1.17. The Balaban J connectivity index is 0.000000980. The van der Waals surface area contributed by atoms with Crippen LogP contribution in [0.15, 0.2) is 28.7 Å². The summed E-state index contributed by atoms with van der Waals surface area (Å²) in [5.74, 6) is -1.14. The summed E-state index contributed by atoms with van der Waals surface area (Å²) in [5, 5.41) is 9.34. The van der Waals surface area contributed by atoms with E-state index in [-0.39, 0.29) is 18.2 Å². The van der Waals surface area contributed by atoms with Gasteiger partial charge in [0.25, 0.3) is 0 Å². The molecule has 2 rings (SSSR count). The first-order chi connectivity index (χ1) is 6.16. The predicted molar refractivity (Wildman–Crippen MR) is 54.8 cm³/mol. The smallest absolute Gasteiger partial charge is 0.371 e. The van der Waals surface area contributed by atoms with Gasteiger partial charge in [0, 0.05) is 11.1 Å². The first-order valence-electron chi connectivity index (χ1n) is 3.69. The molecule has 0 spiro atoms. The van der Waals surface area contributed by atoms with E-state index in [0.29, 0.717) is 16.7 Å². The number of hydrogen-bond donors (Lipinski definition) is 2. The fraction of sp³-hybridized carbons (Fsp3) is 0. The van der Waals surface area contributed by atoms with Crippen LogP contribution >= 0.6 is 12.4 Å². The molecule has 0 atom stereocenters. The van der Waals surface area contributed by atoms with Gasteiger partial charge in [-0.15, -0.1) is 12.4 Å². The number of rotatable bonds is 1. The van der Waals surface area contributed by atoms with Crippen LogP contribution in [-0.4, -0.2) is 11.1 Å². The van der Waals surface area contributed by atoms with Gasteiger partial charge in [-0.3, -0.25) is 0 Å². The van der Waals surface area contributed by atoms with E-state index in [2.05, 4.69) is 0 Å². The van der Waals surface area contributed by atoms with Crippen molar-refractivity contribution in [2.45, 2.75) is 0 Å². The Hall–Kier alpha value is -1.68. The number of carboxylic acids is 1. The summed E-state index contributed by atoms with van der Waals surface area (Å²) in [6, 6.07) is 6.44. The minimum Gasteiger partial charge on any atom is -0.475 e. The molecule has 0 unspecified atom stereocenters. The Bertz CT molecular complexity index is 478. The predicted octanol–water partition coefficient (Wildman–Crippen LogP) is 2.13. The topological polar surface area (TPSA) is 76.5 Å². The Morgan fingerprint density at radius 3 is 2.71 bits per heavy atom. The first-order valence-corrected chi connectivity index (χ1v) is 3.69. The van der Waals surface area contributed by atoms with Crippen LogP contribution in [-0.2, 0) is 0 Å². The highest BCUT2D eigenvalue weighted by Crippen LogP contribution is 2.21. The van der Waals surface area contributed by atoms with Gasteiger partial charge in [0.1, 0.15) is 5.58 Å². The van der Waals surface area contributed by atoms with Gasteiger partial charge < -0.3 is 15.3 Å². The van der Waals surface area contributed by atoms with Crippen molar-refractivity contribution >= 4 is 35.0 Å². The van der Waals surface area contributed by atoms with Gasteiger partial charge in [-0.1, -0.05) is 0 Å². The third kappa shape index (κ3) is 1.65. The van der Waals surface area contributed by atoms with E-state index < -0.39 is 5.97 Å². The van der Waals surface area contributed by atoms with Crippen LogP contribution in [0.5, 0.6) is 0 Å². The van der Waals surface area contributed by atoms with Crippen molar-refractivity contribution < 1.29 is 14.3 Å². The summed E-state index contributed by atoms with van der Waals surface area (Å²) in [6.07, 6.45) is 0. The minimum absolute atomic E-state index is 0. The number of anilines is 1. The van der Waals surface area contributed by atoms with Gasteiger partial charge in [-0.2, -0.15) is 0 Å². The zero-order valence-corrected chi connectivity index (χ0v) is 7.88. The van der Waals surface area contributed by atoms with Crippen molar-refractivity contribution in [1.82, 2.24) is 0 Å². The second kappa shape index (κ2) is 3.59. The van der Waals surface area contributed by atoms with Gasteiger partial charge in [0.2, 0.25) is 5.76 Å². The number of hydrogen-bond acceptors (Lipinski definition) is 3. The molecule has 74 valence electrons. The standard InChI is InChI=1S/C9H7NO3.ClH/c10-6-1-2-7-5(3-6)4-8(13-7)9(11)12;/h1-4H,10H2,(H,11,12);1H. The maximum atomic E-state index is 10.5. The molecule has 0 saturated carbocycles. The molecule has 0 aliphatic heterocycles. The molecule has 2 aromatic rings. The lowest BCUT2D eigenvalue weighted by atomic mass is 10.2. The summed E-state index contributed by atoms with van der Waals surface area (Å²) in [6.45, 7) is 0. The second-order valence-corrected chi connectivity index (χ2v) is 2.71. The highest BCUT2D eigenvalue weighted by Gasteiger charge is 2.09. The van der Waals surface area contributed by atoms with Crippen molar-refractivity contribution in [2.75, 3.05) is 5.73 Å². The van der Waals surface area contributed by atoms with Crippen LogP contribution in [0.3, 0.4) is 0 Å². The maximum Gasteiger partial charge on any atom is 0.371 e.